The zero-order valence-electron chi connectivity index (χ0n) is 34.5. The van der Waals surface area contributed by atoms with Crippen LogP contribution in [0.15, 0.2) is 52.3 Å². The summed E-state index contributed by atoms with van der Waals surface area (Å²) in [5, 5.41) is 0. The molecule has 12 heteroatoms. The fraction of sp³-hybridized carbons (Fsp3) is 0.556. The average Bonchev–Trinajstić information content (AvgIpc) is 3.31. The predicted octanol–water partition coefficient (Wildman–Crippen LogP) is 7.43. The lowest BCUT2D eigenvalue weighted by atomic mass is 9.49. The van der Waals surface area contributed by atoms with Crippen LogP contribution in [0.4, 0.5) is 0 Å². The minimum absolute atomic E-state index is 0.00124. The smallest absolute Gasteiger partial charge is 0.333 e. The molecule has 1 aromatic rings. The molecule has 0 radical (unpaired) electrons. The standard InChI is InChI=1S/C45H54ClNO10/c1-25(2)11-10-16-43(8)17-15-29-37(55-43)28(13-12-26(3)4)39-33(38(29)54-32(48)24-46)36(49)34-35(47-19-21-53-22-20-47)30-23-31-42(6,7)57-44(40(30)50,45(31,34)56-39)18-14-27(5)41(51)52-9/h11-12,14-15,17,30-31H,10,13,16,18-24H2,1-9H3/b27-14-. The number of hydrogen-bond acceptors (Lipinski definition) is 11. The third kappa shape index (κ3) is 6.48. The van der Waals surface area contributed by atoms with Gasteiger partial charge in [-0.3, -0.25) is 14.4 Å². The van der Waals surface area contributed by atoms with Crippen molar-refractivity contribution < 1.29 is 47.6 Å². The molecule has 1 spiro atoms. The molecule has 11 nitrogen and oxygen atoms in total. The van der Waals surface area contributed by atoms with Gasteiger partial charge in [-0.05, 0) is 93.2 Å². The lowest BCUT2D eigenvalue weighted by Crippen LogP contribution is -2.74. The van der Waals surface area contributed by atoms with Gasteiger partial charge in [0.15, 0.2) is 22.7 Å². The van der Waals surface area contributed by atoms with Crippen LogP contribution >= 0.6 is 11.6 Å². The van der Waals surface area contributed by atoms with Crippen molar-refractivity contribution in [3.63, 3.8) is 0 Å². The Labute approximate surface area is 340 Å². The van der Waals surface area contributed by atoms with Gasteiger partial charge in [-0.1, -0.05) is 29.4 Å². The Morgan fingerprint density at radius 1 is 0.982 bits per heavy atom. The molecule has 5 atom stereocenters. The number of Topliss-reactive ketones (excluding diaryl/α,β-unsaturated/α-hetero) is 2. The van der Waals surface area contributed by atoms with Crippen LogP contribution in [0, 0.1) is 11.8 Å². The monoisotopic (exact) mass is 803 g/mol. The number of carbonyl (C=O) groups is 4. The summed E-state index contributed by atoms with van der Waals surface area (Å²) in [6.45, 7) is 17.4. The fourth-order valence-corrected chi connectivity index (χ4v) is 9.89. The van der Waals surface area contributed by atoms with Gasteiger partial charge in [0.25, 0.3) is 0 Å². The first kappa shape index (κ1) is 41.0. The van der Waals surface area contributed by atoms with Crippen LogP contribution in [0.1, 0.15) is 103 Å². The fourth-order valence-electron chi connectivity index (χ4n) is 9.84. The molecule has 4 bridgehead atoms. The molecule has 2 saturated heterocycles. The summed E-state index contributed by atoms with van der Waals surface area (Å²) >= 11 is 6.07. The van der Waals surface area contributed by atoms with Gasteiger partial charge in [0.2, 0.25) is 5.78 Å². The number of alkyl halides is 1. The maximum atomic E-state index is 16.0. The summed E-state index contributed by atoms with van der Waals surface area (Å²) in [7, 11) is 1.30. The highest BCUT2D eigenvalue weighted by Gasteiger charge is 2.83. The van der Waals surface area contributed by atoms with Crippen LogP contribution < -0.4 is 14.2 Å². The van der Waals surface area contributed by atoms with Gasteiger partial charge in [0.05, 0.1) is 43.0 Å². The Morgan fingerprint density at radius 3 is 2.33 bits per heavy atom. The number of allylic oxidation sites excluding steroid dienone is 5. The van der Waals surface area contributed by atoms with Gasteiger partial charge in [-0.25, -0.2) is 4.79 Å². The Hall–Kier alpha value is -4.19. The molecule has 57 heavy (non-hydrogen) atoms. The van der Waals surface area contributed by atoms with Crippen LogP contribution in [0.3, 0.4) is 0 Å². The summed E-state index contributed by atoms with van der Waals surface area (Å²) in [5.41, 5.74) is -0.498. The number of hydrogen-bond donors (Lipinski definition) is 0. The Morgan fingerprint density at radius 2 is 1.68 bits per heavy atom. The quantitative estimate of drug-likeness (QED) is 0.0729. The number of ketones is 2. The van der Waals surface area contributed by atoms with E-state index in [9.17, 15) is 9.59 Å². The molecule has 4 heterocycles. The third-order valence-electron chi connectivity index (χ3n) is 12.4. The van der Waals surface area contributed by atoms with Gasteiger partial charge in [0, 0.05) is 42.3 Å². The third-order valence-corrected chi connectivity index (χ3v) is 12.7. The van der Waals surface area contributed by atoms with E-state index in [4.69, 9.17) is 40.0 Å². The SMILES string of the molecule is COC(=O)/C(C)=C\CC12OC(C)(C)C3CC(C1=O)C(N1CCOCC1)=C1C(=O)c4c(OC(=O)CCl)c5c(c(CC=C(C)C)c4OC132)OC(C)(CCC=C(C)C)C=C5. The van der Waals surface area contributed by atoms with E-state index in [1.807, 2.05) is 52.8 Å². The second-order valence-electron chi connectivity index (χ2n) is 17.3. The zero-order valence-corrected chi connectivity index (χ0v) is 35.3. The van der Waals surface area contributed by atoms with Crippen molar-refractivity contribution in [2.45, 2.75) is 110 Å². The van der Waals surface area contributed by atoms with E-state index < -0.39 is 57.8 Å². The van der Waals surface area contributed by atoms with E-state index in [2.05, 4.69) is 24.8 Å². The predicted molar refractivity (Wildman–Crippen MR) is 215 cm³/mol. The normalized spacial score (nSPS) is 29.2. The van der Waals surface area contributed by atoms with Crippen LogP contribution in [0.5, 0.6) is 17.2 Å². The first-order valence-electron chi connectivity index (χ1n) is 19.9. The molecule has 3 aliphatic carbocycles. The number of esters is 2. The van der Waals surface area contributed by atoms with Gasteiger partial charge in [-0.2, -0.15) is 0 Å². The van der Waals surface area contributed by atoms with Crippen LogP contribution in [-0.4, -0.2) is 90.1 Å². The molecule has 0 N–H and O–H groups in total. The minimum atomic E-state index is -1.70. The second kappa shape index (κ2) is 14.9. The lowest BCUT2D eigenvalue weighted by Gasteiger charge is -2.59. The van der Waals surface area contributed by atoms with E-state index in [-0.39, 0.29) is 29.3 Å². The Balaban J connectivity index is 1.56. The number of fused-ring (bicyclic) bond motifs is 2. The molecule has 4 aliphatic heterocycles. The van der Waals surface area contributed by atoms with Crippen molar-refractivity contribution in [1.29, 1.82) is 0 Å². The van der Waals surface area contributed by atoms with Crippen LogP contribution in [0.25, 0.3) is 6.08 Å². The number of nitrogens with zero attached hydrogens (tertiary/aromatic N) is 1. The van der Waals surface area contributed by atoms with Crippen molar-refractivity contribution in [3.8, 4) is 17.2 Å². The minimum Gasteiger partial charge on any atom is -0.482 e. The van der Waals surface area contributed by atoms with Crippen molar-refractivity contribution >= 4 is 41.2 Å². The zero-order chi connectivity index (χ0) is 41.2. The van der Waals surface area contributed by atoms with Gasteiger partial charge < -0.3 is 33.3 Å². The maximum Gasteiger partial charge on any atom is 0.333 e. The number of carbonyl (C=O) groups excluding carboxylic acids is 4. The molecule has 1 saturated carbocycles. The average molecular weight is 804 g/mol. The summed E-state index contributed by atoms with van der Waals surface area (Å²) in [6.07, 6.45) is 11.7. The molecule has 7 aliphatic rings. The number of halogens is 1. The highest BCUT2D eigenvalue weighted by atomic mass is 35.5. The summed E-state index contributed by atoms with van der Waals surface area (Å²) in [4.78, 5) is 59.3. The van der Waals surface area contributed by atoms with E-state index >= 15 is 9.59 Å². The van der Waals surface area contributed by atoms with Crippen molar-refractivity contribution in [2.75, 3.05) is 39.3 Å². The summed E-state index contributed by atoms with van der Waals surface area (Å²) < 4.78 is 38.4. The molecular weight excluding hydrogens is 750 g/mol. The van der Waals surface area contributed by atoms with E-state index in [1.165, 1.54) is 12.7 Å². The Kier molecular flexibility index (Phi) is 10.7. The largest absolute Gasteiger partial charge is 0.482 e. The van der Waals surface area contributed by atoms with Crippen molar-refractivity contribution in [2.24, 2.45) is 11.8 Å². The van der Waals surface area contributed by atoms with Crippen LogP contribution in [-0.2, 0) is 35.0 Å². The highest BCUT2D eigenvalue weighted by molar-refractivity contribution is 6.27. The summed E-state index contributed by atoms with van der Waals surface area (Å²) in [6, 6.07) is 0. The topological polar surface area (TPSA) is 127 Å². The van der Waals surface area contributed by atoms with Gasteiger partial charge in [-0.15, -0.1) is 11.6 Å². The van der Waals surface area contributed by atoms with Gasteiger partial charge >= 0.3 is 11.9 Å². The van der Waals surface area contributed by atoms with Crippen molar-refractivity contribution in [3.05, 3.63) is 69.0 Å². The Bertz CT molecular complexity index is 2080. The molecule has 5 unspecified atom stereocenters. The first-order chi connectivity index (χ1) is 26.9. The molecule has 1 aromatic carbocycles. The lowest BCUT2D eigenvalue weighted by molar-refractivity contribution is -0.174. The number of morpholine rings is 1. The highest BCUT2D eigenvalue weighted by Crippen LogP contribution is 2.70. The molecule has 3 fully saturated rings. The van der Waals surface area contributed by atoms with Gasteiger partial charge in [0.1, 0.15) is 28.5 Å². The maximum absolute atomic E-state index is 16.0. The van der Waals surface area contributed by atoms with E-state index in [0.717, 1.165) is 12.0 Å². The number of benzene rings is 1. The molecule has 0 aromatic heterocycles. The number of ether oxygens (including phenoxy) is 6. The molecular formula is C45H54ClNO10. The molecule has 0 amide bonds. The summed E-state index contributed by atoms with van der Waals surface area (Å²) in [5.74, 6) is -2.92. The van der Waals surface area contributed by atoms with Crippen LogP contribution in [0.2, 0.25) is 0 Å². The second-order valence-corrected chi connectivity index (χ2v) is 17.5. The number of rotatable bonds is 11. The van der Waals surface area contributed by atoms with Crippen molar-refractivity contribution in [1.82, 2.24) is 4.90 Å². The van der Waals surface area contributed by atoms with E-state index in [0.29, 0.717) is 79.3 Å². The first-order valence-corrected chi connectivity index (χ1v) is 20.4. The molecule has 8 rings (SSSR count). The molecule has 306 valence electrons. The number of methoxy groups -OCH3 is 1. The van der Waals surface area contributed by atoms with E-state index in [1.54, 1.807) is 13.0 Å².